The normalized spacial score (nSPS) is 11.7. The minimum atomic E-state index is -1.35. The number of carboxylic acids is 2. The average Bonchev–Trinajstić information content (AvgIpc) is 2.81. The number of carboxylic acid groups (broad SMARTS) is 2. The van der Waals surface area contributed by atoms with Crippen molar-refractivity contribution in [2.24, 2.45) is 0 Å². The topological polar surface area (TPSA) is 179 Å². The van der Waals surface area contributed by atoms with Gasteiger partial charge in [0.2, 0.25) is 5.95 Å². The van der Waals surface area contributed by atoms with E-state index >= 15 is 0 Å². The van der Waals surface area contributed by atoms with Crippen molar-refractivity contribution >= 4 is 40.4 Å². The summed E-state index contributed by atoms with van der Waals surface area (Å²) in [7, 11) is 0. The lowest BCUT2D eigenvalue weighted by atomic mass is 10.1. The maximum absolute atomic E-state index is 13.3. The van der Waals surface area contributed by atoms with Crippen LogP contribution < -0.4 is 21.5 Å². The number of aliphatic carboxylic acids is 2. The minimum Gasteiger partial charge on any atom is -0.481 e. The summed E-state index contributed by atoms with van der Waals surface area (Å²) in [6.07, 6.45) is -0.659. The second-order valence-electron chi connectivity index (χ2n) is 7.76. The Bertz CT molecular complexity index is 1290. The summed E-state index contributed by atoms with van der Waals surface area (Å²) in [5.41, 5.74) is 7.11. The van der Waals surface area contributed by atoms with Crippen LogP contribution in [0.2, 0.25) is 0 Å². The molecule has 0 fully saturated rings. The number of hydrogen-bond acceptors (Lipinski definition) is 7. The molecule has 0 aliphatic rings. The third-order valence-electron chi connectivity index (χ3n) is 5.26. The molecule has 0 bridgehead atoms. The van der Waals surface area contributed by atoms with E-state index in [9.17, 15) is 28.7 Å². The predicted molar refractivity (Wildman–Crippen MR) is 126 cm³/mol. The number of carbonyl (C=O) groups is 3. The molecule has 3 rings (SSSR count). The van der Waals surface area contributed by atoms with Crippen molar-refractivity contribution < 1.29 is 29.0 Å². The van der Waals surface area contributed by atoms with Crippen LogP contribution in [0, 0.1) is 0 Å². The molecule has 1 amide bonds. The first-order chi connectivity index (χ1) is 16.7. The number of carbonyl (C=O) groups excluding carboxylic acids is 1. The van der Waals surface area contributed by atoms with Gasteiger partial charge in [-0.05, 0) is 48.4 Å². The molecule has 0 aliphatic heterocycles. The zero-order chi connectivity index (χ0) is 25.5. The fourth-order valence-electron chi connectivity index (χ4n) is 3.51. The lowest BCUT2D eigenvalue weighted by Gasteiger charge is -2.24. The number of nitrogens with two attached hydrogens (primary N) is 1. The van der Waals surface area contributed by atoms with Crippen LogP contribution in [-0.4, -0.2) is 57.3 Å². The number of aromatic nitrogens is 2. The van der Waals surface area contributed by atoms with E-state index in [1.807, 2.05) is 0 Å². The SMILES string of the molecule is Nc1nc2ccc(CN(CCF)c3ccc(C(=O)NC(CCC(=O)O)C(=O)O)cc3)cc2c(=O)[nH]1. The Labute approximate surface area is 198 Å². The van der Waals surface area contributed by atoms with Crippen molar-refractivity contribution in [2.45, 2.75) is 25.4 Å². The zero-order valence-electron chi connectivity index (χ0n) is 18.5. The van der Waals surface area contributed by atoms with Crippen molar-refractivity contribution in [1.29, 1.82) is 0 Å². The number of nitrogens with zero attached hydrogens (tertiary/aromatic N) is 2. The first-order valence-corrected chi connectivity index (χ1v) is 10.6. The number of halogens is 1. The zero-order valence-corrected chi connectivity index (χ0v) is 18.5. The second-order valence-corrected chi connectivity index (χ2v) is 7.76. The molecule has 0 spiro atoms. The molecule has 1 heterocycles. The molecule has 2 aromatic carbocycles. The fraction of sp³-hybridized carbons (Fsp3) is 0.261. The number of fused-ring (bicyclic) bond motifs is 1. The van der Waals surface area contributed by atoms with Gasteiger partial charge in [0.15, 0.2) is 0 Å². The maximum atomic E-state index is 13.3. The van der Waals surface area contributed by atoms with E-state index in [0.717, 1.165) is 5.56 Å². The lowest BCUT2D eigenvalue weighted by molar-refractivity contribution is -0.140. The number of H-pyrrole nitrogens is 1. The first-order valence-electron chi connectivity index (χ1n) is 10.6. The van der Waals surface area contributed by atoms with Crippen LogP contribution in [0.5, 0.6) is 0 Å². The quantitative estimate of drug-likeness (QED) is 0.269. The standard InChI is InChI=1S/C23H24FN5O6/c24-9-10-29(12-13-1-6-17-16(11-13)21(33)28-23(25)27-17)15-4-2-14(3-5-15)20(32)26-18(22(34)35)7-8-19(30)31/h1-6,11,18H,7-10,12H2,(H,26,32)(H,30,31)(H,34,35)(H3,25,27,28,33). The molecule has 6 N–H and O–H groups in total. The molecule has 184 valence electrons. The Morgan fingerprint density at radius 2 is 1.86 bits per heavy atom. The molecule has 12 heteroatoms. The van der Waals surface area contributed by atoms with E-state index in [1.54, 1.807) is 35.2 Å². The van der Waals surface area contributed by atoms with E-state index in [0.29, 0.717) is 16.6 Å². The molecular formula is C23H24FN5O6. The number of alkyl halides is 1. The highest BCUT2D eigenvalue weighted by molar-refractivity contribution is 5.97. The summed E-state index contributed by atoms with van der Waals surface area (Å²) in [5.74, 6) is -3.17. The summed E-state index contributed by atoms with van der Waals surface area (Å²) in [4.78, 5) is 54.8. The summed E-state index contributed by atoms with van der Waals surface area (Å²) < 4.78 is 13.3. The van der Waals surface area contributed by atoms with Crippen molar-refractivity contribution in [2.75, 3.05) is 23.9 Å². The predicted octanol–water partition coefficient (Wildman–Crippen LogP) is 1.53. The van der Waals surface area contributed by atoms with Gasteiger partial charge in [-0.3, -0.25) is 19.4 Å². The summed E-state index contributed by atoms with van der Waals surface area (Å²) in [6, 6.07) is 9.82. The largest absolute Gasteiger partial charge is 0.481 e. The van der Waals surface area contributed by atoms with Gasteiger partial charge in [-0.15, -0.1) is 0 Å². The van der Waals surface area contributed by atoms with Crippen molar-refractivity contribution in [3.63, 3.8) is 0 Å². The Balaban J connectivity index is 1.75. The van der Waals surface area contributed by atoms with Crippen molar-refractivity contribution in [3.05, 3.63) is 63.9 Å². The van der Waals surface area contributed by atoms with E-state index in [1.165, 1.54) is 12.1 Å². The number of rotatable bonds is 11. The molecule has 0 radical (unpaired) electrons. The Hall–Kier alpha value is -4.48. The molecule has 1 atom stereocenters. The van der Waals surface area contributed by atoms with Gasteiger partial charge in [-0.25, -0.2) is 14.2 Å². The van der Waals surface area contributed by atoms with Crippen molar-refractivity contribution in [3.8, 4) is 0 Å². The maximum Gasteiger partial charge on any atom is 0.326 e. The Kier molecular flexibility index (Phi) is 7.97. The smallest absolute Gasteiger partial charge is 0.326 e. The number of nitrogens with one attached hydrogen (secondary N) is 2. The van der Waals surface area contributed by atoms with Gasteiger partial charge < -0.3 is 26.2 Å². The Morgan fingerprint density at radius 1 is 1.14 bits per heavy atom. The third-order valence-corrected chi connectivity index (χ3v) is 5.26. The monoisotopic (exact) mass is 485 g/mol. The molecular weight excluding hydrogens is 461 g/mol. The van der Waals surface area contributed by atoms with Crippen LogP contribution >= 0.6 is 0 Å². The molecule has 0 saturated heterocycles. The van der Waals surface area contributed by atoms with E-state index in [4.69, 9.17) is 10.8 Å². The van der Waals surface area contributed by atoms with Gasteiger partial charge in [0, 0.05) is 30.8 Å². The van der Waals surface area contributed by atoms with E-state index < -0.39 is 37.0 Å². The van der Waals surface area contributed by atoms with Crippen LogP contribution in [0.15, 0.2) is 47.3 Å². The molecule has 1 aromatic heterocycles. The lowest BCUT2D eigenvalue weighted by Crippen LogP contribution is -2.41. The highest BCUT2D eigenvalue weighted by Crippen LogP contribution is 2.20. The number of aromatic amines is 1. The van der Waals surface area contributed by atoms with Crippen LogP contribution in [0.25, 0.3) is 10.9 Å². The Morgan fingerprint density at radius 3 is 2.49 bits per heavy atom. The number of amides is 1. The number of nitrogen functional groups attached to an aromatic ring is 1. The van der Waals surface area contributed by atoms with Gasteiger partial charge in [0.05, 0.1) is 10.9 Å². The van der Waals surface area contributed by atoms with Gasteiger partial charge in [-0.1, -0.05) is 6.07 Å². The molecule has 0 aliphatic carbocycles. The molecule has 3 aromatic rings. The molecule has 35 heavy (non-hydrogen) atoms. The molecule has 0 saturated carbocycles. The number of anilines is 2. The summed E-state index contributed by atoms with van der Waals surface area (Å²) in [5, 5.41) is 20.6. The van der Waals surface area contributed by atoms with Crippen LogP contribution in [0.4, 0.5) is 16.0 Å². The van der Waals surface area contributed by atoms with E-state index in [2.05, 4.69) is 15.3 Å². The minimum absolute atomic E-state index is 0.00925. The number of benzene rings is 2. The van der Waals surface area contributed by atoms with Crippen LogP contribution in [0.1, 0.15) is 28.8 Å². The van der Waals surface area contributed by atoms with Gasteiger partial charge >= 0.3 is 11.9 Å². The highest BCUT2D eigenvalue weighted by atomic mass is 19.1. The van der Waals surface area contributed by atoms with Gasteiger partial charge in [0.25, 0.3) is 11.5 Å². The average molecular weight is 485 g/mol. The van der Waals surface area contributed by atoms with Gasteiger partial charge in [-0.2, -0.15) is 0 Å². The number of hydrogen-bond donors (Lipinski definition) is 5. The highest BCUT2D eigenvalue weighted by Gasteiger charge is 2.22. The third kappa shape index (κ3) is 6.53. The fourth-order valence-corrected chi connectivity index (χ4v) is 3.51. The summed E-state index contributed by atoms with van der Waals surface area (Å²) >= 11 is 0. The molecule has 1 unspecified atom stereocenters. The first kappa shape index (κ1) is 25.1. The molecule has 11 nitrogen and oxygen atoms in total. The summed E-state index contributed by atoms with van der Waals surface area (Å²) in [6.45, 7) is -0.319. The van der Waals surface area contributed by atoms with Crippen LogP contribution in [-0.2, 0) is 16.1 Å². The van der Waals surface area contributed by atoms with Gasteiger partial charge in [0.1, 0.15) is 12.7 Å². The van der Waals surface area contributed by atoms with E-state index in [-0.39, 0.29) is 36.6 Å². The van der Waals surface area contributed by atoms with Crippen molar-refractivity contribution in [1.82, 2.24) is 15.3 Å². The van der Waals surface area contributed by atoms with Crippen LogP contribution in [0.3, 0.4) is 0 Å². The second kappa shape index (κ2) is 11.1.